The molecule has 0 radical (unpaired) electrons. The van der Waals surface area contributed by atoms with Crippen molar-refractivity contribution < 1.29 is 9.13 Å². The second-order valence-corrected chi connectivity index (χ2v) is 5.64. The quantitative estimate of drug-likeness (QED) is 0.869. The van der Waals surface area contributed by atoms with Gasteiger partial charge in [0.2, 0.25) is 0 Å². The molecular weight excluding hydrogens is 309 g/mol. The van der Waals surface area contributed by atoms with Crippen LogP contribution in [0.1, 0.15) is 37.8 Å². The number of hydrogen-bond acceptors (Lipinski definition) is 2. The maximum absolute atomic E-state index is 14.1. The first-order valence-corrected chi connectivity index (χ1v) is 7.50. The van der Waals surface area contributed by atoms with Gasteiger partial charge in [0.1, 0.15) is 5.82 Å². The van der Waals surface area contributed by atoms with Crippen molar-refractivity contribution in [1.29, 1.82) is 0 Å². The highest BCUT2D eigenvalue weighted by molar-refractivity contribution is 9.10. The monoisotopic (exact) mass is 327 g/mol. The van der Waals surface area contributed by atoms with E-state index in [2.05, 4.69) is 28.2 Å². The van der Waals surface area contributed by atoms with E-state index >= 15 is 0 Å². The van der Waals surface area contributed by atoms with Crippen LogP contribution in [0, 0.1) is 5.82 Å². The summed E-state index contributed by atoms with van der Waals surface area (Å²) in [5.74, 6) is -0.178. The van der Waals surface area contributed by atoms with Crippen LogP contribution in [0.15, 0.2) is 34.5 Å². The summed E-state index contributed by atoms with van der Waals surface area (Å²) in [5.41, 5.74) is 1.80. The van der Waals surface area contributed by atoms with E-state index in [1.54, 1.807) is 12.3 Å². The number of hydrogen-bond donors (Lipinski definition) is 1. The number of ether oxygens (including phenoxy) is 1. The molecule has 2 nitrogen and oxygen atoms in total. The van der Waals surface area contributed by atoms with Gasteiger partial charge in [-0.2, -0.15) is 0 Å². The highest BCUT2D eigenvalue weighted by Crippen LogP contribution is 2.31. The fourth-order valence-corrected chi connectivity index (χ4v) is 2.64. The molecular formula is C15H19BrFNO. The zero-order chi connectivity index (χ0) is 13.7. The van der Waals surface area contributed by atoms with Gasteiger partial charge in [-0.15, -0.1) is 0 Å². The maximum Gasteiger partial charge on any atom is 0.128 e. The second-order valence-electron chi connectivity index (χ2n) is 4.72. The first kappa shape index (κ1) is 14.5. The summed E-state index contributed by atoms with van der Waals surface area (Å²) in [6.45, 7) is 3.71. The number of nitrogens with one attached hydrogen (secondary N) is 1. The molecule has 0 saturated heterocycles. The van der Waals surface area contributed by atoms with Gasteiger partial charge in [0.25, 0.3) is 0 Å². The molecule has 104 valence electrons. The third kappa shape index (κ3) is 3.80. The maximum atomic E-state index is 14.1. The van der Waals surface area contributed by atoms with E-state index in [0.717, 1.165) is 42.5 Å². The third-order valence-electron chi connectivity index (χ3n) is 3.20. The third-order valence-corrected chi connectivity index (χ3v) is 3.69. The van der Waals surface area contributed by atoms with E-state index in [4.69, 9.17) is 4.74 Å². The Kier molecular flexibility index (Phi) is 5.40. The minimum absolute atomic E-state index is 0.0993. The van der Waals surface area contributed by atoms with Crippen molar-refractivity contribution >= 4 is 15.9 Å². The molecule has 0 fully saturated rings. The molecule has 1 aliphatic rings. The molecule has 1 unspecified atom stereocenters. The Morgan fingerprint density at radius 1 is 1.47 bits per heavy atom. The average Bonchev–Trinajstić information content (AvgIpc) is 2.44. The first-order chi connectivity index (χ1) is 9.22. The highest BCUT2D eigenvalue weighted by Gasteiger charge is 2.21. The molecule has 1 atom stereocenters. The predicted molar refractivity (Wildman–Crippen MR) is 78.4 cm³/mol. The summed E-state index contributed by atoms with van der Waals surface area (Å²) in [6, 6.07) is 4.97. The summed E-state index contributed by atoms with van der Waals surface area (Å²) in [7, 11) is 0. The molecule has 1 aromatic carbocycles. The van der Waals surface area contributed by atoms with E-state index in [0.29, 0.717) is 5.56 Å². The lowest BCUT2D eigenvalue weighted by molar-refractivity contribution is 0.219. The van der Waals surface area contributed by atoms with Crippen LogP contribution in [0.2, 0.25) is 0 Å². The van der Waals surface area contributed by atoms with Gasteiger partial charge < -0.3 is 10.1 Å². The SMILES string of the molecule is CCCNC(C1=COCCC1)c1cc(Br)ccc1F. The van der Waals surface area contributed by atoms with Crippen molar-refractivity contribution in [3.8, 4) is 0 Å². The van der Waals surface area contributed by atoms with Crippen molar-refractivity contribution in [2.24, 2.45) is 0 Å². The van der Waals surface area contributed by atoms with E-state index in [1.807, 2.05) is 6.07 Å². The summed E-state index contributed by atoms with van der Waals surface area (Å²) in [5, 5.41) is 3.41. The van der Waals surface area contributed by atoms with Crippen LogP contribution >= 0.6 is 15.9 Å². The zero-order valence-corrected chi connectivity index (χ0v) is 12.7. The first-order valence-electron chi connectivity index (χ1n) is 6.71. The highest BCUT2D eigenvalue weighted by atomic mass is 79.9. The van der Waals surface area contributed by atoms with Gasteiger partial charge in [-0.25, -0.2) is 4.39 Å². The topological polar surface area (TPSA) is 21.3 Å². The Morgan fingerprint density at radius 2 is 2.32 bits per heavy atom. The molecule has 4 heteroatoms. The van der Waals surface area contributed by atoms with E-state index in [9.17, 15) is 4.39 Å². The van der Waals surface area contributed by atoms with Crippen molar-refractivity contribution in [2.75, 3.05) is 13.2 Å². The molecule has 1 aromatic rings. The predicted octanol–water partition coefficient (Wildman–Crippen LogP) is 4.32. The van der Waals surface area contributed by atoms with Crippen molar-refractivity contribution in [3.63, 3.8) is 0 Å². The van der Waals surface area contributed by atoms with Crippen LogP contribution < -0.4 is 5.32 Å². The van der Waals surface area contributed by atoms with Crippen LogP contribution in [0.4, 0.5) is 4.39 Å². The molecule has 2 rings (SSSR count). The summed E-state index contributed by atoms with van der Waals surface area (Å²) in [6.07, 6.45) is 4.75. The van der Waals surface area contributed by atoms with Gasteiger partial charge in [0.05, 0.1) is 18.9 Å². The molecule has 0 spiro atoms. The van der Waals surface area contributed by atoms with Crippen molar-refractivity contribution in [1.82, 2.24) is 5.32 Å². The fraction of sp³-hybridized carbons (Fsp3) is 0.467. The number of benzene rings is 1. The van der Waals surface area contributed by atoms with Gasteiger partial charge in [-0.3, -0.25) is 0 Å². The Balaban J connectivity index is 2.30. The van der Waals surface area contributed by atoms with Crippen LogP contribution in [0.3, 0.4) is 0 Å². The lowest BCUT2D eigenvalue weighted by Gasteiger charge is -2.25. The van der Waals surface area contributed by atoms with Gasteiger partial charge >= 0.3 is 0 Å². The fourth-order valence-electron chi connectivity index (χ4n) is 2.26. The summed E-state index contributed by atoms with van der Waals surface area (Å²) < 4.78 is 20.4. The standard InChI is InChI=1S/C15H19BrFNO/c1-2-7-18-15(11-4-3-8-19-10-11)13-9-12(16)5-6-14(13)17/h5-6,9-10,15,18H,2-4,7-8H2,1H3. The van der Waals surface area contributed by atoms with Crippen LogP contribution in [-0.4, -0.2) is 13.2 Å². The van der Waals surface area contributed by atoms with Crippen molar-refractivity contribution in [3.05, 3.63) is 45.9 Å². The summed E-state index contributed by atoms with van der Waals surface area (Å²) >= 11 is 3.41. The lowest BCUT2D eigenvalue weighted by atomic mass is 9.94. The zero-order valence-electron chi connectivity index (χ0n) is 11.1. The van der Waals surface area contributed by atoms with Crippen LogP contribution in [-0.2, 0) is 4.74 Å². The molecule has 0 amide bonds. The largest absolute Gasteiger partial charge is 0.501 e. The molecule has 0 saturated carbocycles. The van der Waals surface area contributed by atoms with Crippen molar-refractivity contribution in [2.45, 2.75) is 32.2 Å². The number of rotatable bonds is 5. The molecule has 1 heterocycles. The van der Waals surface area contributed by atoms with E-state index in [1.165, 1.54) is 6.07 Å². The molecule has 1 N–H and O–H groups in total. The minimum Gasteiger partial charge on any atom is -0.501 e. The Bertz CT molecular complexity index is 461. The number of halogens is 2. The molecule has 0 aliphatic carbocycles. The van der Waals surface area contributed by atoms with Crippen LogP contribution in [0.5, 0.6) is 0 Å². The van der Waals surface area contributed by atoms with Gasteiger partial charge in [-0.1, -0.05) is 22.9 Å². The molecule has 0 bridgehead atoms. The minimum atomic E-state index is -0.178. The van der Waals surface area contributed by atoms with E-state index in [-0.39, 0.29) is 11.9 Å². The van der Waals surface area contributed by atoms with Gasteiger partial charge in [-0.05, 0) is 49.6 Å². The second kappa shape index (κ2) is 7.06. The molecule has 0 aromatic heterocycles. The smallest absolute Gasteiger partial charge is 0.128 e. The van der Waals surface area contributed by atoms with E-state index < -0.39 is 0 Å². The Hall–Kier alpha value is -0.870. The summed E-state index contributed by atoms with van der Waals surface area (Å²) in [4.78, 5) is 0. The Labute approximate surface area is 122 Å². The normalized spacial score (nSPS) is 16.7. The molecule has 1 aliphatic heterocycles. The average molecular weight is 328 g/mol. The lowest BCUT2D eigenvalue weighted by Crippen LogP contribution is -2.26. The molecule has 19 heavy (non-hydrogen) atoms. The van der Waals surface area contributed by atoms with Gasteiger partial charge in [0.15, 0.2) is 0 Å². The van der Waals surface area contributed by atoms with Gasteiger partial charge in [0, 0.05) is 10.0 Å². The Morgan fingerprint density at radius 3 is 3.00 bits per heavy atom. The van der Waals surface area contributed by atoms with Crippen LogP contribution in [0.25, 0.3) is 0 Å².